The van der Waals surface area contributed by atoms with Crippen molar-refractivity contribution in [3.8, 4) is 0 Å². The number of aryl methyl sites for hydroxylation is 2. The Morgan fingerprint density at radius 2 is 1.95 bits per heavy atom. The number of likely N-dealkylation sites (tertiary alicyclic amines) is 1. The van der Waals surface area contributed by atoms with Crippen molar-refractivity contribution in [3.05, 3.63) is 29.1 Å². The molecule has 1 N–H and O–H groups in total. The summed E-state index contributed by atoms with van der Waals surface area (Å²) in [5.41, 5.74) is 2.68. The van der Waals surface area contributed by atoms with Crippen molar-refractivity contribution in [2.24, 2.45) is 0 Å². The zero-order chi connectivity index (χ0) is 14.0. The Morgan fingerprint density at radius 1 is 1.32 bits per heavy atom. The molecule has 2 rings (SSSR count). The minimum absolute atomic E-state index is 0.114. The van der Waals surface area contributed by atoms with E-state index in [0.717, 1.165) is 42.9 Å². The van der Waals surface area contributed by atoms with Gasteiger partial charge in [-0.25, -0.2) is 0 Å². The number of nitrogens with one attached hydrogen (secondary N) is 1. The summed E-state index contributed by atoms with van der Waals surface area (Å²) in [7, 11) is 1.99. The van der Waals surface area contributed by atoms with Crippen molar-refractivity contribution in [1.29, 1.82) is 0 Å². The number of piperidine rings is 1. The van der Waals surface area contributed by atoms with Crippen LogP contribution in [0.2, 0.25) is 0 Å². The maximum absolute atomic E-state index is 12.5. The highest BCUT2D eigenvalue weighted by Crippen LogP contribution is 2.22. The average molecular weight is 261 g/mol. The van der Waals surface area contributed by atoms with Crippen LogP contribution in [0.1, 0.15) is 41.5 Å². The Kier molecular flexibility index (Phi) is 3.90. The van der Waals surface area contributed by atoms with Gasteiger partial charge < -0.3 is 10.2 Å². The Bertz CT molecular complexity index is 476. The second-order valence-electron chi connectivity index (χ2n) is 5.69. The zero-order valence-corrected chi connectivity index (χ0v) is 12.3. The molecule has 0 aromatic carbocycles. The molecule has 1 saturated heterocycles. The van der Waals surface area contributed by atoms with Crippen LogP contribution in [-0.4, -0.2) is 41.5 Å². The second-order valence-corrected chi connectivity index (χ2v) is 5.69. The van der Waals surface area contributed by atoms with E-state index in [2.05, 4.69) is 17.2 Å². The van der Waals surface area contributed by atoms with Crippen LogP contribution in [0, 0.1) is 13.8 Å². The van der Waals surface area contributed by atoms with Gasteiger partial charge in [-0.3, -0.25) is 9.78 Å². The van der Waals surface area contributed by atoms with E-state index in [1.807, 2.05) is 37.9 Å². The van der Waals surface area contributed by atoms with Crippen molar-refractivity contribution in [1.82, 2.24) is 15.2 Å². The molecule has 4 heteroatoms. The number of rotatable bonds is 2. The zero-order valence-electron chi connectivity index (χ0n) is 12.3. The minimum atomic E-state index is 0.114. The molecule has 0 atom stereocenters. The minimum Gasteiger partial charge on any atom is -0.338 e. The molecule has 2 heterocycles. The normalized spacial score (nSPS) is 18.4. The highest BCUT2D eigenvalue weighted by atomic mass is 16.2. The first-order valence-electron chi connectivity index (χ1n) is 6.88. The Hall–Kier alpha value is -1.42. The van der Waals surface area contributed by atoms with Crippen LogP contribution in [0.3, 0.4) is 0 Å². The Labute approximate surface area is 115 Å². The molecule has 0 spiro atoms. The van der Waals surface area contributed by atoms with Gasteiger partial charge in [0.2, 0.25) is 0 Å². The number of carbonyl (C=O) groups excluding carboxylic acids is 1. The van der Waals surface area contributed by atoms with Crippen molar-refractivity contribution >= 4 is 5.91 Å². The highest BCUT2D eigenvalue weighted by Gasteiger charge is 2.31. The highest BCUT2D eigenvalue weighted by molar-refractivity contribution is 5.95. The SMILES string of the molecule is CNC1(C)CCN(C(=O)c2ccc(C)nc2C)CC1. The lowest BCUT2D eigenvalue weighted by molar-refractivity contribution is 0.0660. The van der Waals surface area contributed by atoms with Crippen molar-refractivity contribution < 1.29 is 4.79 Å². The van der Waals surface area contributed by atoms with Crippen molar-refractivity contribution in [2.75, 3.05) is 20.1 Å². The summed E-state index contributed by atoms with van der Waals surface area (Å²) in [5, 5.41) is 3.35. The summed E-state index contributed by atoms with van der Waals surface area (Å²) in [6, 6.07) is 3.80. The van der Waals surface area contributed by atoms with Gasteiger partial charge in [-0.15, -0.1) is 0 Å². The lowest BCUT2D eigenvalue weighted by Crippen LogP contribution is -2.51. The third kappa shape index (κ3) is 2.95. The van der Waals surface area contributed by atoms with Crippen LogP contribution in [0.4, 0.5) is 0 Å². The van der Waals surface area contributed by atoms with E-state index in [-0.39, 0.29) is 11.4 Å². The molecule has 1 aromatic heterocycles. The van der Waals surface area contributed by atoms with E-state index in [0.29, 0.717) is 0 Å². The molecule has 0 saturated carbocycles. The first-order valence-corrected chi connectivity index (χ1v) is 6.88. The number of amides is 1. The fourth-order valence-electron chi connectivity index (χ4n) is 2.54. The maximum Gasteiger partial charge on any atom is 0.255 e. The molecule has 0 bridgehead atoms. The lowest BCUT2D eigenvalue weighted by Gasteiger charge is -2.39. The topological polar surface area (TPSA) is 45.2 Å². The van der Waals surface area contributed by atoms with E-state index in [1.54, 1.807) is 0 Å². The summed E-state index contributed by atoms with van der Waals surface area (Å²) in [4.78, 5) is 18.8. The smallest absolute Gasteiger partial charge is 0.255 e. The average Bonchev–Trinajstić information content (AvgIpc) is 2.39. The molecular formula is C15H23N3O. The van der Waals surface area contributed by atoms with Gasteiger partial charge in [-0.2, -0.15) is 0 Å². The van der Waals surface area contributed by atoms with Gasteiger partial charge in [0.05, 0.1) is 11.3 Å². The van der Waals surface area contributed by atoms with Crippen LogP contribution < -0.4 is 5.32 Å². The van der Waals surface area contributed by atoms with Crippen LogP contribution in [0.15, 0.2) is 12.1 Å². The number of pyridine rings is 1. The largest absolute Gasteiger partial charge is 0.338 e. The van der Waals surface area contributed by atoms with Gasteiger partial charge in [0.15, 0.2) is 0 Å². The maximum atomic E-state index is 12.5. The summed E-state index contributed by atoms with van der Waals surface area (Å²) in [6.45, 7) is 7.68. The molecule has 1 amide bonds. The summed E-state index contributed by atoms with van der Waals surface area (Å²) >= 11 is 0. The van der Waals surface area contributed by atoms with Gasteiger partial charge in [0.1, 0.15) is 0 Å². The van der Waals surface area contributed by atoms with Gasteiger partial charge in [0.25, 0.3) is 5.91 Å². The van der Waals surface area contributed by atoms with Crippen LogP contribution in [0.25, 0.3) is 0 Å². The molecule has 1 aromatic rings. The van der Waals surface area contributed by atoms with Crippen LogP contribution in [0.5, 0.6) is 0 Å². The van der Waals surface area contributed by atoms with Gasteiger partial charge in [-0.1, -0.05) is 0 Å². The molecule has 1 aliphatic rings. The molecular weight excluding hydrogens is 238 g/mol. The number of carbonyl (C=O) groups is 1. The number of hydrogen-bond donors (Lipinski definition) is 1. The van der Waals surface area contributed by atoms with Crippen molar-refractivity contribution in [2.45, 2.75) is 39.2 Å². The quantitative estimate of drug-likeness (QED) is 0.884. The lowest BCUT2D eigenvalue weighted by atomic mass is 9.89. The molecule has 4 nitrogen and oxygen atoms in total. The Morgan fingerprint density at radius 3 is 2.47 bits per heavy atom. The molecule has 19 heavy (non-hydrogen) atoms. The van der Waals surface area contributed by atoms with E-state index in [4.69, 9.17) is 0 Å². The van der Waals surface area contributed by atoms with Crippen molar-refractivity contribution in [3.63, 3.8) is 0 Å². The summed E-state index contributed by atoms with van der Waals surface area (Å²) in [5.74, 6) is 0.114. The molecule has 0 unspecified atom stereocenters. The first-order chi connectivity index (χ1) is 8.95. The fraction of sp³-hybridized carbons (Fsp3) is 0.600. The molecule has 104 valence electrons. The van der Waals surface area contributed by atoms with E-state index in [9.17, 15) is 4.79 Å². The second kappa shape index (κ2) is 5.29. The standard InChI is InChI=1S/C15H23N3O/c1-11-5-6-13(12(2)17-11)14(19)18-9-7-15(3,16-4)8-10-18/h5-6,16H,7-10H2,1-4H3. The van der Waals surface area contributed by atoms with E-state index in [1.165, 1.54) is 0 Å². The third-order valence-corrected chi connectivity index (χ3v) is 4.21. The summed E-state index contributed by atoms with van der Waals surface area (Å²) < 4.78 is 0. The number of nitrogens with zero attached hydrogens (tertiary/aromatic N) is 2. The molecule has 1 fully saturated rings. The van der Waals surface area contributed by atoms with Crippen LogP contribution >= 0.6 is 0 Å². The number of aromatic nitrogens is 1. The van der Waals surface area contributed by atoms with E-state index < -0.39 is 0 Å². The molecule has 0 aliphatic carbocycles. The third-order valence-electron chi connectivity index (χ3n) is 4.21. The fourth-order valence-corrected chi connectivity index (χ4v) is 2.54. The molecule has 1 aliphatic heterocycles. The Balaban J connectivity index is 2.09. The van der Waals surface area contributed by atoms with Gasteiger partial charge in [0, 0.05) is 24.3 Å². The number of hydrogen-bond acceptors (Lipinski definition) is 3. The van der Waals surface area contributed by atoms with Gasteiger partial charge >= 0.3 is 0 Å². The summed E-state index contributed by atoms with van der Waals surface area (Å²) in [6.07, 6.45) is 1.99. The monoisotopic (exact) mass is 261 g/mol. The van der Waals surface area contributed by atoms with E-state index >= 15 is 0 Å². The van der Waals surface area contributed by atoms with Crippen LogP contribution in [-0.2, 0) is 0 Å². The predicted molar refractivity (Wildman–Crippen MR) is 76.3 cm³/mol. The molecule has 0 radical (unpaired) electrons. The predicted octanol–water partition coefficient (Wildman–Crippen LogP) is 1.91. The first kappa shape index (κ1) is 14.0. The van der Waals surface area contributed by atoms with Gasteiger partial charge in [-0.05, 0) is 52.8 Å².